The number of pyridine rings is 1. The van der Waals surface area contributed by atoms with E-state index in [-0.39, 0.29) is 6.04 Å². The molecule has 0 aliphatic carbocycles. The summed E-state index contributed by atoms with van der Waals surface area (Å²) in [6.45, 7) is 5.26. The summed E-state index contributed by atoms with van der Waals surface area (Å²) >= 11 is 0. The summed E-state index contributed by atoms with van der Waals surface area (Å²) in [4.78, 5) is 7.08. The van der Waals surface area contributed by atoms with Gasteiger partial charge in [0, 0.05) is 42.5 Å². The Morgan fingerprint density at radius 1 is 1.29 bits per heavy atom. The first-order valence-corrected chi connectivity index (χ1v) is 8.06. The lowest BCUT2D eigenvalue weighted by molar-refractivity contribution is 0.137. The van der Waals surface area contributed by atoms with Crippen LogP contribution in [0.1, 0.15) is 44.7 Å². The fourth-order valence-corrected chi connectivity index (χ4v) is 3.88. The minimum atomic E-state index is 0.269. The standard InChI is InChI=1S/C18H25N3/c1-3-15-9-8-13(2)21(15)18(10-19)17-12-20-11-14-6-4-5-7-16(14)17/h4-7,11-13,15,18H,3,8-10,19H2,1-2H3. The van der Waals surface area contributed by atoms with Crippen LogP contribution in [0.15, 0.2) is 36.7 Å². The Balaban J connectivity index is 2.06. The van der Waals surface area contributed by atoms with E-state index < -0.39 is 0 Å². The van der Waals surface area contributed by atoms with Crippen molar-refractivity contribution in [2.45, 2.75) is 51.2 Å². The van der Waals surface area contributed by atoms with Gasteiger partial charge in [-0.25, -0.2) is 0 Å². The minimum absolute atomic E-state index is 0.269. The average Bonchev–Trinajstić information content (AvgIpc) is 2.90. The highest BCUT2D eigenvalue weighted by Crippen LogP contribution is 2.36. The quantitative estimate of drug-likeness (QED) is 0.934. The van der Waals surface area contributed by atoms with Crippen LogP contribution in [0.4, 0.5) is 0 Å². The number of likely N-dealkylation sites (tertiary alicyclic amines) is 1. The Morgan fingerprint density at radius 2 is 2.10 bits per heavy atom. The van der Waals surface area contributed by atoms with Crippen LogP contribution in [0.3, 0.4) is 0 Å². The van der Waals surface area contributed by atoms with E-state index in [9.17, 15) is 0 Å². The monoisotopic (exact) mass is 283 g/mol. The van der Waals surface area contributed by atoms with E-state index >= 15 is 0 Å². The highest BCUT2D eigenvalue weighted by Gasteiger charge is 2.35. The number of fused-ring (bicyclic) bond motifs is 1. The zero-order valence-corrected chi connectivity index (χ0v) is 13.0. The van der Waals surface area contributed by atoms with Gasteiger partial charge in [0.05, 0.1) is 0 Å². The molecule has 2 aromatic rings. The molecular weight excluding hydrogens is 258 g/mol. The second-order valence-corrected chi connectivity index (χ2v) is 6.14. The highest BCUT2D eigenvalue weighted by atomic mass is 15.2. The molecule has 0 amide bonds. The van der Waals surface area contributed by atoms with Crippen molar-refractivity contribution in [3.8, 4) is 0 Å². The summed E-state index contributed by atoms with van der Waals surface area (Å²) < 4.78 is 0. The molecule has 2 heterocycles. The summed E-state index contributed by atoms with van der Waals surface area (Å²) in [5.41, 5.74) is 7.47. The molecular formula is C18H25N3. The molecule has 1 aromatic carbocycles. The largest absolute Gasteiger partial charge is 0.329 e. The van der Waals surface area contributed by atoms with Crippen molar-refractivity contribution < 1.29 is 0 Å². The van der Waals surface area contributed by atoms with Crippen LogP contribution in [-0.2, 0) is 0 Å². The zero-order chi connectivity index (χ0) is 14.8. The Kier molecular flexibility index (Phi) is 4.22. The third-order valence-electron chi connectivity index (χ3n) is 4.96. The summed E-state index contributed by atoms with van der Waals surface area (Å²) in [6, 6.07) is 10.0. The summed E-state index contributed by atoms with van der Waals surface area (Å²) in [6.07, 6.45) is 7.70. The van der Waals surface area contributed by atoms with E-state index in [1.165, 1.54) is 35.6 Å². The van der Waals surface area contributed by atoms with Gasteiger partial charge in [-0.2, -0.15) is 0 Å². The van der Waals surface area contributed by atoms with Crippen molar-refractivity contribution in [1.29, 1.82) is 0 Å². The number of hydrogen-bond donors (Lipinski definition) is 1. The van der Waals surface area contributed by atoms with E-state index in [1.54, 1.807) is 0 Å². The molecule has 0 spiro atoms. The number of aromatic nitrogens is 1. The molecule has 3 rings (SSSR count). The smallest absolute Gasteiger partial charge is 0.0497 e. The van der Waals surface area contributed by atoms with Crippen LogP contribution in [0, 0.1) is 0 Å². The van der Waals surface area contributed by atoms with E-state index in [4.69, 9.17) is 5.73 Å². The first kappa shape index (κ1) is 14.5. The predicted octanol–water partition coefficient (Wildman–Crippen LogP) is 3.50. The fourth-order valence-electron chi connectivity index (χ4n) is 3.88. The average molecular weight is 283 g/mol. The third-order valence-corrected chi connectivity index (χ3v) is 4.96. The van der Waals surface area contributed by atoms with Crippen molar-refractivity contribution in [2.75, 3.05) is 6.54 Å². The Morgan fingerprint density at radius 3 is 2.86 bits per heavy atom. The molecule has 3 heteroatoms. The molecule has 1 aromatic heterocycles. The summed E-state index contributed by atoms with van der Waals surface area (Å²) in [7, 11) is 0. The molecule has 1 saturated heterocycles. The van der Waals surface area contributed by atoms with Crippen LogP contribution in [0.25, 0.3) is 10.8 Å². The summed E-state index contributed by atoms with van der Waals surface area (Å²) in [5.74, 6) is 0. The van der Waals surface area contributed by atoms with Gasteiger partial charge in [-0.05, 0) is 37.1 Å². The second-order valence-electron chi connectivity index (χ2n) is 6.14. The maximum Gasteiger partial charge on any atom is 0.0497 e. The number of nitrogens with two attached hydrogens (primary N) is 1. The van der Waals surface area contributed by atoms with E-state index in [0.29, 0.717) is 18.6 Å². The fraction of sp³-hybridized carbons (Fsp3) is 0.500. The first-order chi connectivity index (χ1) is 10.3. The van der Waals surface area contributed by atoms with E-state index in [2.05, 4.69) is 48.0 Å². The third kappa shape index (κ3) is 2.56. The van der Waals surface area contributed by atoms with Crippen molar-refractivity contribution in [1.82, 2.24) is 9.88 Å². The second kappa shape index (κ2) is 6.12. The van der Waals surface area contributed by atoms with Gasteiger partial charge >= 0.3 is 0 Å². The lowest BCUT2D eigenvalue weighted by Crippen LogP contribution is -2.41. The Bertz CT molecular complexity index is 605. The molecule has 2 N–H and O–H groups in total. The molecule has 0 saturated carbocycles. The van der Waals surface area contributed by atoms with Gasteiger partial charge < -0.3 is 5.73 Å². The van der Waals surface area contributed by atoms with Crippen molar-refractivity contribution in [3.05, 3.63) is 42.2 Å². The maximum absolute atomic E-state index is 6.19. The number of rotatable bonds is 4. The van der Waals surface area contributed by atoms with Gasteiger partial charge in [0.2, 0.25) is 0 Å². The molecule has 1 aliphatic rings. The zero-order valence-electron chi connectivity index (χ0n) is 13.0. The van der Waals surface area contributed by atoms with Crippen LogP contribution in [0.2, 0.25) is 0 Å². The molecule has 0 bridgehead atoms. The Labute approximate surface area is 127 Å². The first-order valence-electron chi connectivity index (χ1n) is 8.06. The van der Waals surface area contributed by atoms with Gasteiger partial charge in [0.15, 0.2) is 0 Å². The molecule has 3 atom stereocenters. The van der Waals surface area contributed by atoms with Gasteiger partial charge in [0.1, 0.15) is 0 Å². The minimum Gasteiger partial charge on any atom is -0.329 e. The molecule has 21 heavy (non-hydrogen) atoms. The maximum atomic E-state index is 6.19. The SMILES string of the molecule is CCC1CCC(C)N1C(CN)c1cncc2ccccc12. The molecule has 3 unspecified atom stereocenters. The molecule has 112 valence electrons. The predicted molar refractivity (Wildman–Crippen MR) is 88.2 cm³/mol. The van der Waals surface area contributed by atoms with Crippen LogP contribution >= 0.6 is 0 Å². The number of benzene rings is 1. The lowest BCUT2D eigenvalue weighted by atomic mass is 9.98. The summed E-state index contributed by atoms with van der Waals surface area (Å²) in [5, 5.41) is 2.49. The Hall–Kier alpha value is -1.45. The molecule has 3 nitrogen and oxygen atoms in total. The highest BCUT2D eigenvalue weighted by molar-refractivity contribution is 5.85. The molecule has 1 fully saturated rings. The van der Waals surface area contributed by atoms with Crippen LogP contribution in [-0.4, -0.2) is 28.5 Å². The molecule has 1 aliphatic heterocycles. The van der Waals surface area contributed by atoms with Crippen molar-refractivity contribution in [2.24, 2.45) is 5.73 Å². The lowest BCUT2D eigenvalue weighted by Gasteiger charge is -2.36. The normalized spacial score (nSPS) is 24.5. The van der Waals surface area contributed by atoms with Gasteiger partial charge in [-0.3, -0.25) is 9.88 Å². The van der Waals surface area contributed by atoms with Gasteiger partial charge in [-0.1, -0.05) is 31.2 Å². The van der Waals surface area contributed by atoms with Crippen LogP contribution in [0.5, 0.6) is 0 Å². The van der Waals surface area contributed by atoms with E-state index in [0.717, 1.165) is 0 Å². The van der Waals surface area contributed by atoms with Gasteiger partial charge in [0.25, 0.3) is 0 Å². The van der Waals surface area contributed by atoms with E-state index in [1.807, 2.05) is 12.4 Å². The number of nitrogens with zero attached hydrogens (tertiary/aromatic N) is 2. The number of hydrogen-bond acceptors (Lipinski definition) is 3. The van der Waals surface area contributed by atoms with Crippen LogP contribution < -0.4 is 5.73 Å². The topological polar surface area (TPSA) is 42.1 Å². The van der Waals surface area contributed by atoms with Crippen molar-refractivity contribution >= 4 is 10.8 Å². The molecule has 0 radical (unpaired) electrons. The van der Waals surface area contributed by atoms with Gasteiger partial charge in [-0.15, -0.1) is 0 Å². The van der Waals surface area contributed by atoms with Crippen molar-refractivity contribution in [3.63, 3.8) is 0 Å².